The molecule has 0 fully saturated rings. The molecule has 0 aromatic carbocycles. The highest BCUT2D eigenvalue weighted by Crippen LogP contribution is 2.26. The lowest BCUT2D eigenvalue weighted by atomic mass is 10.3. The third-order valence-electron chi connectivity index (χ3n) is 2.44. The number of nitrogens with one attached hydrogen (secondary N) is 2. The summed E-state index contributed by atoms with van der Waals surface area (Å²) in [6.45, 7) is 2.08. The van der Waals surface area contributed by atoms with Gasteiger partial charge in [0.1, 0.15) is 4.88 Å². The molecule has 1 atom stereocenters. The first-order valence-corrected chi connectivity index (χ1v) is 7.78. The first-order chi connectivity index (χ1) is 8.80. The summed E-state index contributed by atoms with van der Waals surface area (Å²) in [5, 5.41) is 6.66. The Bertz CT molecular complexity index is 543. The van der Waals surface area contributed by atoms with Gasteiger partial charge in [-0.05, 0) is 25.4 Å². The van der Waals surface area contributed by atoms with Crippen molar-refractivity contribution >= 4 is 27.1 Å². The van der Waals surface area contributed by atoms with Crippen LogP contribution >= 0.6 is 11.3 Å². The van der Waals surface area contributed by atoms with Crippen molar-refractivity contribution in [1.82, 2.24) is 10.6 Å². The van der Waals surface area contributed by atoms with Crippen LogP contribution in [0.1, 0.15) is 16.6 Å². The molecule has 5 nitrogen and oxygen atoms in total. The van der Waals surface area contributed by atoms with E-state index in [2.05, 4.69) is 10.6 Å². The van der Waals surface area contributed by atoms with E-state index in [0.29, 0.717) is 0 Å². The zero-order valence-corrected chi connectivity index (χ0v) is 11.9. The van der Waals surface area contributed by atoms with E-state index in [1.807, 2.05) is 6.92 Å². The van der Waals surface area contributed by atoms with E-state index >= 15 is 0 Å². The summed E-state index contributed by atoms with van der Waals surface area (Å²) in [6, 6.07) is 1.00. The molecule has 0 aliphatic heterocycles. The van der Waals surface area contributed by atoms with Gasteiger partial charge in [-0.25, -0.2) is 8.42 Å². The van der Waals surface area contributed by atoms with Crippen LogP contribution in [0.5, 0.6) is 0 Å². The fraction of sp³-hybridized carbons (Fsp3) is 0.500. The molecule has 0 radical (unpaired) electrons. The van der Waals surface area contributed by atoms with Gasteiger partial charge in [-0.3, -0.25) is 4.79 Å². The summed E-state index contributed by atoms with van der Waals surface area (Å²) in [5.74, 6) is -4.21. The maximum absolute atomic E-state index is 12.5. The molecule has 0 saturated carbocycles. The Morgan fingerprint density at radius 2 is 2.11 bits per heavy atom. The summed E-state index contributed by atoms with van der Waals surface area (Å²) in [7, 11) is -3.05. The van der Waals surface area contributed by atoms with Crippen molar-refractivity contribution in [3.05, 3.63) is 16.3 Å². The zero-order valence-electron chi connectivity index (χ0n) is 10.3. The molecular formula is C10H14F2N2O3S2. The Kier molecular flexibility index (Phi) is 5.39. The smallest absolute Gasteiger partial charge is 0.341 e. The Hall–Kier alpha value is -1.06. The number of rotatable bonds is 6. The summed E-state index contributed by atoms with van der Waals surface area (Å²) >= 11 is 0.816. The molecule has 1 amide bonds. The molecule has 0 aliphatic rings. The molecule has 0 saturated heterocycles. The van der Waals surface area contributed by atoms with Gasteiger partial charge in [0.05, 0.1) is 4.90 Å². The lowest BCUT2D eigenvalue weighted by Crippen LogP contribution is -2.37. The molecular weight excluding hydrogens is 298 g/mol. The van der Waals surface area contributed by atoms with Crippen molar-refractivity contribution in [2.45, 2.75) is 23.6 Å². The number of carbonyl (C=O) groups excluding carboxylic acids is 1. The molecule has 1 unspecified atom stereocenters. The second kappa shape index (κ2) is 6.40. The number of carbonyl (C=O) groups is 1. The number of likely N-dealkylation sites (N-methyl/N-ethyl adjacent to an activating group) is 1. The number of hydrogen-bond donors (Lipinski definition) is 2. The Morgan fingerprint density at radius 1 is 1.47 bits per heavy atom. The standard InChI is InChI=1S/C10H14F2N2O3S2/c1-6(13-2)5-14-9(15)8-7(3-4-18-8)19(16,17)10(11)12/h3-4,6,10,13H,5H2,1-2H3,(H,14,15). The SMILES string of the molecule is CNC(C)CNC(=O)c1sccc1S(=O)(=O)C(F)F. The van der Waals surface area contributed by atoms with Gasteiger partial charge >= 0.3 is 5.76 Å². The summed E-state index contributed by atoms with van der Waals surface area (Å²) in [6.07, 6.45) is 0. The van der Waals surface area contributed by atoms with Gasteiger partial charge in [-0.1, -0.05) is 0 Å². The number of amides is 1. The van der Waals surface area contributed by atoms with Gasteiger partial charge in [-0.2, -0.15) is 8.78 Å². The number of sulfone groups is 1. The molecule has 0 spiro atoms. The van der Waals surface area contributed by atoms with Crippen LogP contribution in [-0.2, 0) is 9.84 Å². The van der Waals surface area contributed by atoms with Crippen molar-refractivity contribution in [3.8, 4) is 0 Å². The van der Waals surface area contributed by atoms with Crippen LogP contribution in [0.25, 0.3) is 0 Å². The number of hydrogen-bond acceptors (Lipinski definition) is 5. The second-order valence-corrected chi connectivity index (χ2v) is 6.62. The Balaban J connectivity index is 2.92. The van der Waals surface area contributed by atoms with Crippen LogP contribution in [0.15, 0.2) is 16.3 Å². The second-order valence-electron chi connectivity index (χ2n) is 3.82. The Labute approximate surface area is 113 Å². The molecule has 1 heterocycles. The molecule has 1 aromatic rings. The van der Waals surface area contributed by atoms with Crippen LogP contribution in [0, 0.1) is 0 Å². The van der Waals surface area contributed by atoms with Gasteiger partial charge in [0.2, 0.25) is 9.84 Å². The van der Waals surface area contributed by atoms with Crippen LogP contribution in [0.3, 0.4) is 0 Å². The van der Waals surface area contributed by atoms with E-state index in [-0.39, 0.29) is 17.5 Å². The maximum atomic E-state index is 12.5. The third kappa shape index (κ3) is 3.71. The zero-order chi connectivity index (χ0) is 14.6. The fourth-order valence-corrected chi connectivity index (χ4v) is 3.29. The molecule has 0 aliphatic carbocycles. The topological polar surface area (TPSA) is 75.3 Å². The lowest BCUT2D eigenvalue weighted by molar-refractivity contribution is 0.0951. The molecule has 1 rings (SSSR count). The maximum Gasteiger partial charge on any atom is 0.341 e. The summed E-state index contributed by atoms with van der Waals surface area (Å²) in [5.41, 5.74) is 0. The summed E-state index contributed by atoms with van der Waals surface area (Å²) < 4.78 is 47.7. The van der Waals surface area contributed by atoms with Gasteiger partial charge in [0.15, 0.2) is 0 Å². The van der Waals surface area contributed by atoms with Gasteiger partial charge in [0, 0.05) is 12.6 Å². The monoisotopic (exact) mass is 312 g/mol. The van der Waals surface area contributed by atoms with Crippen LogP contribution in [-0.4, -0.2) is 39.7 Å². The lowest BCUT2D eigenvalue weighted by Gasteiger charge is -2.11. The predicted octanol–water partition coefficient (Wildman–Crippen LogP) is 1.08. The van der Waals surface area contributed by atoms with Crippen molar-refractivity contribution in [2.75, 3.05) is 13.6 Å². The molecule has 9 heteroatoms. The average Bonchev–Trinajstić information content (AvgIpc) is 2.84. The van der Waals surface area contributed by atoms with Crippen molar-refractivity contribution in [2.24, 2.45) is 0 Å². The van der Waals surface area contributed by atoms with Crippen molar-refractivity contribution in [1.29, 1.82) is 0 Å². The normalized spacial score (nSPS) is 13.5. The van der Waals surface area contributed by atoms with E-state index in [1.165, 1.54) is 5.38 Å². The molecule has 19 heavy (non-hydrogen) atoms. The highest BCUT2D eigenvalue weighted by atomic mass is 32.2. The van der Waals surface area contributed by atoms with E-state index in [4.69, 9.17) is 0 Å². The minimum atomic E-state index is -4.75. The van der Waals surface area contributed by atoms with Crippen LogP contribution in [0.2, 0.25) is 0 Å². The van der Waals surface area contributed by atoms with Crippen molar-refractivity contribution in [3.63, 3.8) is 0 Å². The van der Waals surface area contributed by atoms with Gasteiger partial charge < -0.3 is 10.6 Å². The number of thiophene rings is 1. The minimum absolute atomic E-state index is 0.0148. The highest BCUT2D eigenvalue weighted by Gasteiger charge is 2.32. The first-order valence-electron chi connectivity index (χ1n) is 5.35. The third-order valence-corrected chi connectivity index (χ3v) is 4.90. The Morgan fingerprint density at radius 3 is 2.63 bits per heavy atom. The van der Waals surface area contributed by atoms with E-state index in [0.717, 1.165) is 17.4 Å². The van der Waals surface area contributed by atoms with Crippen LogP contribution < -0.4 is 10.6 Å². The average molecular weight is 312 g/mol. The van der Waals surface area contributed by atoms with E-state index in [9.17, 15) is 22.0 Å². The predicted molar refractivity (Wildman–Crippen MR) is 68.4 cm³/mol. The number of alkyl halides is 2. The molecule has 0 bridgehead atoms. The first kappa shape index (κ1) is 16.0. The van der Waals surface area contributed by atoms with Crippen LogP contribution in [0.4, 0.5) is 8.78 Å². The summed E-state index contributed by atoms with van der Waals surface area (Å²) in [4.78, 5) is 10.9. The van der Waals surface area contributed by atoms with Crippen molar-refractivity contribution < 1.29 is 22.0 Å². The van der Waals surface area contributed by atoms with Gasteiger partial charge in [-0.15, -0.1) is 11.3 Å². The molecule has 108 valence electrons. The largest absolute Gasteiger partial charge is 0.350 e. The fourth-order valence-electron chi connectivity index (χ4n) is 1.21. The molecule has 1 aromatic heterocycles. The van der Waals surface area contributed by atoms with E-state index < -0.39 is 26.4 Å². The highest BCUT2D eigenvalue weighted by molar-refractivity contribution is 7.92. The quantitative estimate of drug-likeness (QED) is 0.824. The number of halogens is 2. The molecule has 2 N–H and O–H groups in total. The minimum Gasteiger partial charge on any atom is -0.350 e. The van der Waals surface area contributed by atoms with Gasteiger partial charge in [0.25, 0.3) is 5.91 Å². The van der Waals surface area contributed by atoms with E-state index in [1.54, 1.807) is 7.05 Å².